The molecule has 2 aliphatic rings. The predicted octanol–water partition coefficient (Wildman–Crippen LogP) is 3.40. The number of pyridine rings is 1. The first-order valence-corrected chi connectivity index (χ1v) is 8.49. The smallest absolute Gasteiger partial charge is 0.276 e. The van der Waals surface area contributed by atoms with E-state index in [-0.39, 0.29) is 30.7 Å². The van der Waals surface area contributed by atoms with Gasteiger partial charge in [-0.2, -0.15) is 0 Å². The standard InChI is InChI=1S/C18H21N5O.2ClH/c1-11-4-2-5-13(8-11)21-18-22-15(17(24)23-18)9-12-10-20-16-14(12)6-3-7-19-16;;/h3,6-7,9-11,13H,2,4-5,8H2,1H3,(H,19,20)(H2,21,22,23,24);2*1H. The van der Waals surface area contributed by atoms with E-state index < -0.39 is 0 Å². The summed E-state index contributed by atoms with van der Waals surface area (Å²) in [5, 5.41) is 7.20. The molecule has 3 N–H and O–H groups in total. The van der Waals surface area contributed by atoms with Gasteiger partial charge in [0.15, 0.2) is 0 Å². The molecule has 0 saturated heterocycles. The third-order valence-corrected chi connectivity index (χ3v) is 4.75. The van der Waals surface area contributed by atoms with Crippen LogP contribution in [0.25, 0.3) is 17.1 Å². The van der Waals surface area contributed by atoms with Crippen LogP contribution in [0.1, 0.15) is 38.2 Å². The summed E-state index contributed by atoms with van der Waals surface area (Å²) in [4.78, 5) is 24.0. The Morgan fingerprint density at radius 3 is 2.96 bits per heavy atom. The highest BCUT2D eigenvalue weighted by Gasteiger charge is 2.25. The van der Waals surface area contributed by atoms with E-state index in [0.29, 0.717) is 17.7 Å². The van der Waals surface area contributed by atoms with E-state index in [0.717, 1.165) is 35.4 Å². The highest BCUT2D eigenvalue weighted by molar-refractivity contribution is 6.14. The van der Waals surface area contributed by atoms with Gasteiger partial charge in [0.05, 0.1) is 0 Å². The van der Waals surface area contributed by atoms with E-state index in [1.165, 1.54) is 12.8 Å². The van der Waals surface area contributed by atoms with Crippen molar-refractivity contribution in [3.8, 4) is 0 Å². The molecule has 2 atom stereocenters. The molecule has 8 heteroatoms. The van der Waals surface area contributed by atoms with Gasteiger partial charge < -0.3 is 10.3 Å². The van der Waals surface area contributed by atoms with Gasteiger partial charge in [0.2, 0.25) is 5.96 Å². The number of guanidine groups is 1. The zero-order valence-electron chi connectivity index (χ0n) is 14.5. The van der Waals surface area contributed by atoms with Gasteiger partial charge in [0.1, 0.15) is 11.3 Å². The van der Waals surface area contributed by atoms with Gasteiger partial charge in [-0.25, -0.2) is 9.98 Å². The van der Waals surface area contributed by atoms with Crippen LogP contribution in [-0.4, -0.2) is 27.9 Å². The molecular formula is C18H23Cl2N5O. The van der Waals surface area contributed by atoms with Gasteiger partial charge in [-0.1, -0.05) is 19.8 Å². The van der Waals surface area contributed by atoms with E-state index in [1.807, 2.05) is 18.3 Å². The molecule has 2 aromatic rings. The second-order valence-electron chi connectivity index (χ2n) is 6.70. The highest BCUT2D eigenvalue weighted by Crippen LogP contribution is 2.24. The minimum atomic E-state index is -0.167. The van der Waals surface area contributed by atoms with Crippen molar-refractivity contribution in [1.29, 1.82) is 0 Å². The van der Waals surface area contributed by atoms with Crippen LogP contribution in [0.15, 0.2) is 35.2 Å². The SMILES string of the molecule is CC1CCCC(NC2=NC(=Cc3c[nH]c4ncccc34)C(=O)N2)C1.Cl.Cl. The zero-order chi connectivity index (χ0) is 16.5. The lowest BCUT2D eigenvalue weighted by atomic mass is 9.87. The molecule has 1 saturated carbocycles. The van der Waals surface area contributed by atoms with Gasteiger partial charge in [0.25, 0.3) is 5.91 Å². The summed E-state index contributed by atoms with van der Waals surface area (Å²) in [5.74, 6) is 1.13. The molecule has 6 nitrogen and oxygen atoms in total. The summed E-state index contributed by atoms with van der Waals surface area (Å²) in [6.07, 6.45) is 10.2. The molecule has 0 aromatic carbocycles. The van der Waals surface area contributed by atoms with E-state index in [2.05, 4.69) is 32.5 Å². The number of H-pyrrole nitrogens is 1. The third kappa shape index (κ3) is 4.19. The molecule has 2 aromatic heterocycles. The second-order valence-corrected chi connectivity index (χ2v) is 6.70. The van der Waals surface area contributed by atoms with Crippen LogP contribution < -0.4 is 10.6 Å². The molecule has 26 heavy (non-hydrogen) atoms. The van der Waals surface area contributed by atoms with Crippen LogP contribution in [0.5, 0.6) is 0 Å². The van der Waals surface area contributed by atoms with Crippen LogP contribution in [0, 0.1) is 5.92 Å². The highest BCUT2D eigenvalue weighted by atomic mass is 35.5. The van der Waals surface area contributed by atoms with E-state index >= 15 is 0 Å². The lowest BCUT2D eigenvalue weighted by Crippen LogP contribution is -2.44. The van der Waals surface area contributed by atoms with Gasteiger partial charge in [-0.15, -0.1) is 24.8 Å². The van der Waals surface area contributed by atoms with Crippen molar-refractivity contribution in [1.82, 2.24) is 20.6 Å². The Morgan fingerprint density at radius 2 is 2.15 bits per heavy atom. The third-order valence-electron chi connectivity index (χ3n) is 4.75. The first kappa shape index (κ1) is 20.3. The number of nitrogens with zero attached hydrogens (tertiary/aromatic N) is 2. The fraction of sp³-hybridized carbons (Fsp3) is 0.389. The van der Waals surface area contributed by atoms with Crippen molar-refractivity contribution in [3.05, 3.63) is 35.8 Å². The Morgan fingerprint density at radius 1 is 1.31 bits per heavy atom. The number of hydrogen-bond donors (Lipinski definition) is 3. The van der Waals surface area contributed by atoms with Crippen LogP contribution >= 0.6 is 24.8 Å². The molecule has 0 spiro atoms. The molecule has 1 aliphatic heterocycles. The Labute approximate surface area is 164 Å². The van der Waals surface area contributed by atoms with Gasteiger partial charge in [0, 0.05) is 29.4 Å². The van der Waals surface area contributed by atoms with E-state index in [4.69, 9.17) is 0 Å². The monoisotopic (exact) mass is 395 g/mol. The summed E-state index contributed by atoms with van der Waals surface area (Å²) in [6.45, 7) is 2.28. The Balaban J connectivity index is 0.00000121. The number of fused-ring (bicyclic) bond motifs is 1. The second kappa shape index (κ2) is 8.56. The molecule has 3 heterocycles. The fourth-order valence-electron chi connectivity index (χ4n) is 3.54. The average molecular weight is 396 g/mol. The summed E-state index contributed by atoms with van der Waals surface area (Å²) < 4.78 is 0. The number of carbonyl (C=O) groups excluding carboxylic acids is 1. The topological polar surface area (TPSA) is 82.2 Å². The Hall–Kier alpha value is -2.05. The van der Waals surface area contributed by atoms with E-state index in [9.17, 15) is 4.79 Å². The Kier molecular flexibility index (Phi) is 6.67. The van der Waals surface area contributed by atoms with Crippen molar-refractivity contribution >= 4 is 53.8 Å². The van der Waals surface area contributed by atoms with Crippen molar-refractivity contribution in [3.63, 3.8) is 0 Å². The molecule has 0 bridgehead atoms. The number of halogens is 2. The molecular weight excluding hydrogens is 373 g/mol. The zero-order valence-corrected chi connectivity index (χ0v) is 16.1. The van der Waals surface area contributed by atoms with Crippen LogP contribution in [-0.2, 0) is 4.79 Å². The predicted molar refractivity (Wildman–Crippen MR) is 109 cm³/mol. The minimum Gasteiger partial charge on any atom is -0.353 e. The molecule has 1 amide bonds. The normalized spacial score (nSPS) is 23.8. The number of aromatic nitrogens is 2. The van der Waals surface area contributed by atoms with E-state index in [1.54, 1.807) is 12.3 Å². The van der Waals surface area contributed by atoms with Gasteiger partial charge in [-0.05, 0) is 37.0 Å². The average Bonchev–Trinajstić information content (AvgIpc) is 3.12. The van der Waals surface area contributed by atoms with Crippen LogP contribution in [0.4, 0.5) is 0 Å². The number of rotatable bonds is 2. The largest absolute Gasteiger partial charge is 0.353 e. The van der Waals surface area contributed by atoms with Crippen molar-refractivity contribution in [2.24, 2.45) is 10.9 Å². The summed E-state index contributed by atoms with van der Waals surface area (Å²) in [5.41, 5.74) is 2.15. The van der Waals surface area contributed by atoms with Crippen LogP contribution in [0.2, 0.25) is 0 Å². The van der Waals surface area contributed by atoms with Gasteiger partial charge >= 0.3 is 0 Å². The number of aliphatic imine (C=N–C) groups is 1. The molecule has 1 fully saturated rings. The number of amides is 1. The Bertz CT molecular complexity index is 845. The van der Waals surface area contributed by atoms with Crippen molar-refractivity contribution in [2.75, 3.05) is 0 Å². The van der Waals surface area contributed by atoms with Crippen molar-refractivity contribution < 1.29 is 4.79 Å². The number of aromatic amines is 1. The lowest BCUT2D eigenvalue weighted by molar-refractivity contribution is -0.115. The number of hydrogen-bond acceptors (Lipinski definition) is 4. The molecule has 140 valence electrons. The lowest BCUT2D eigenvalue weighted by Gasteiger charge is -2.27. The first-order chi connectivity index (χ1) is 11.7. The summed E-state index contributed by atoms with van der Waals surface area (Å²) >= 11 is 0. The summed E-state index contributed by atoms with van der Waals surface area (Å²) in [7, 11) is 0. The molecule has 4 rings (SSSR count). The first-order valence-electron chi connectivity index (χ1n) is 8.49. The van der Waals surface area contributed by atoms with Crippen molar-refractivity contribution in [2.45, 2.75) is 38.6 Å². The quantitative estimate of drug-likeness (QED) is 0.681. The summed E-state index contributed by atoms with van der Waals surface area (Å²) in [6, 6.07) is 4.25. The maximum Gasteiger partial charge on any atom is 0.276 e. The molecule has 2 unspecified atom stereocenters. The minimum absolute atomic E-state index is 0. The molecule has 1 aliphatic carbocycles. The van der Waals surface area contributed by atoms with Crippen LogP contribution in [0.3, 0.4) is 0 Å². The number of nitrogens with one attached hydrogen (secondary N) is 3. The fourth-order valence-corrected chi connectivity index (χ4v) is 3.54. The van der Waals surface area contributed by atoms with Gasteiger partial charge in [-0.3, -0.25) is 10.1 Å². The molecule has 0 radical (unpaired) electrons. The maximum atomic E-state index is 12.2. The number of carbonyl (C=O) groups is 1. The maximum absolute atomic E-state index is 12.2.